The van der Waals surface area contributed by atoms with E-state index in [1.165, 1.54) is 0 Å². The van der Waals surface area contributed by atoms with E-state index in [9.17, 15) is 14.7 Å². The molecule has 2 saturated heterocycles. The highest BCUT2D eigenvalue weighted by Gasteiger charge is 2.52. The van der Waals surface area contributed by atoms with Crippen molar-refractivity contribution in [1.82, 2.24) is 9.80 Å². The molecule has 2 fully saturated rings. The maximum absolute atomic E-state index is 13.1. The third kappa shape index (κ3) is 3.30. The standard InChI is InChI=1S/C20H28N2O4/c1-3-13-26-16-8-5-4-7-15(16)18(23)22-12-10-20(19(24)25)9-6-11-21(2)17(20)14-22/h4-5,7-8,17H,3,6,9-14H2,1-2H3,(H,24,25)/t17-,20-/m0/s1. The lowest BCUT2D eigenvalue weighted by molar-refractivity contribution is -0.161. The molecule has 1 aromatic rings. The van der Waals surface area contributed by atoms with Crippen molar-refractivity contribution < 1.29 is 19.4 Å². The van der Waals surface area contributed by atoms with Crippen molar-refractivity contribution in [2.24, 2.45) is 5.41 Å². The van der Waals surface area contributed by atoms with Crippen molar-refractivity contribution in [2.75, 3.05) is 33.3 Å². The summed E-state index contributed by atoms with van der Waals surface area (Å²) < 4.78 is 5.73. The number of amides is 1. The topological polar surface area (TPSA) is 70.1 Å². The molecule has 0 aliphatic carbocycles. The Hall–Kier alpha value is -2.08. The van der Waals surface area contributed by atoms with E-state index in [0.29, 0.717) is 43.9 Å². The van der Waals surface area contributed by atoms with Gasteiger partial charge in [-0.2, -0.15) is 0 Å². The lowest BCUT2D eigenvalue weighted by atomic mass is 9.68. The number of benzene rings is 1. The summed E-state index contributed by atoms with van der Waals surface area (Å²) in [5, 5.41) is 9.87. The van der Waals surface area contributed by atoms with Gasteiger partial charge in [0.25, 0.3) is 5.91 Å². The summed E-state index contributed by atoms with van der Waals surface area (Å²) in [7, 11) is 1.97. The van der Waals surface area contributed by atoms with E-state index in [1.54, 1.807) is 11.0 Å². The van der Waals surface area contributed by atoms with E-state index in [0.717, 1.165) is 19.4 Å². The molecule has 2 heterocycles. The lowest BCUT2D eigenvalue weighted by Gasteiger charge is -2.51. The first-order chi connectivity index (χ1) is 12.5. The lowest BCUT2D eigenvalue weighted by Crippen LogP contribution is -2.63. The SMILES string of the molecule is CCCOc1ccccc1C(=O)N1CC[C@@]2(C(=O)O)CCCN(C)[C@H]2C1. The third-order valence-electron chi connectivity index (χ3n) is 5.82. The van der Waals surface area contributed by atoms with Gasteiger partial charge in [0, 0.05) is 19.1 Å². The van der Waals surface area contributed by atoms with Crippen molar-refractivity contribution in [3.8, 4) is 5.75 Å². The number of nitrogens with zero attached hydrogens (tertiary/aromatic N) is 2. The predicted octanol–water partition coefficient (Wildman–Crippen LogP) is 2.49. The number of likely N-dealkylation sites (tertiary alicyclic amines) is 2. The van der Waals surface area contributed by atoms with Gasteiger partial charge >= 0.3 is 5.97 Å². The molecule has 1 aromatic carbocycles. The van der Waals surface area contributed by atoms with Crippen LogP contribution in [0.3, 0.4) is 0 Å². The summed E-state index contributed by atoms with van der Waals surface area (Å²) in [4.78, 5) is 29.0. The van der Waals surface area contributed by atoms with Crippen molar-refractivity contribution in [3.63, 3.8) is 0 Å². The van der Waals surface area contributed by atoms with Gasteiger partial charge in [-0.1, -0.05) is 19.1 Å². The highest BCUT2D eigenvalue weighted by atomic mass is 16.5. The van der Waals surface area contributed by atoms with Crippen LogP contribution in [0.5, 0.6) is 5.75 Å². The van der Waals surface area contributed by atoms with E-state index >= 15 is 0 Å². The Morgan fingerprint density at radius 3 is 2.77 bits per heavy atom. The minimum absolute atomic E-state index is 0.0744. The molecule has 0 saturated carbocycles. The van der Waals surface area contributed by atoms with Crippen LogP contribution in [-0.2, 0) is 4.79 Å². The van der Waals surface area contributed by atoms with Gasteiger partial charge < -0.3 is 19.6 Å². The maximum Gasteiger partial charge on any atom is 0.311 e. The van der Waals surface area contributed by atoms with Gasteiger partial charge in [-0.05, 0) is 51.4 Å². The summed E-state index contributed by atoms with van der Waals surface area (Å²) in [6.07, 6.45) is 2.96. The van der Waals surface area contributed by atoms with Gasteiger partial charge in [0.05, 0.1) is 17.6 Å². The smallest absolute Gasteiger partial charge is 0.311 e. The number of carboxylic acid groups (broad SMARTS) is 1. The zero-order valence-corrected chi connectivity index (χ0v) is 15.6. The number of fused-ring (bicyclic) bond motifs is 1. The fourth-order valence-electron chi connectivity index (χ4n) is 4.32. The molecule has 0 aromatic heterocycles. The van der Waals surface area contributed by atoms with Crippen LogP contribution in [0.25, 0.3) is 0 Å². The number of likely N-dealkylation sites (N-methyl/N-ethyl adjacent to an activating group) is 1. The maximum atomic E-state index is 13.1. The summed E-state index contributed by atoms with van der Waals surface area (Å²) in [5.74, 6) is -0.200. The largest absolute Gasteiger partial charge is 0.493 e. The van der Waals surface area contributed by atoms with Crippen molar-refractivity contribution in [1.29, 1.82) is 0 Å². The second kappa shape index (κ2) is 7.66. The zero-order valence-electron chi connectivity index (χ0n) is 15.6. The predicted molar refractivity (Wildman–Crippen MR) is 98.5 cm³/mol. The van der Waals surface area contributed by atoms with Crippen molar-refractivity contribution in [2.45, 2.75) is 38.6 Å². The molecule has 142 valence electrons. The number of carbonyl (C=O) groups is 2. The quantitative estimate of drug-likeness (QED) is 0.874. The molecule has 2 atom stereocenters. The fraction of sp³-hybridized carbons (Fsp3) is 0.600. The van der Waals surface area contributed by atoms with Crippen LogP contribution in [0.15, 0.2) is 24.3 Å². The molecule has 6 nitrogen and oxygen atoms in total. The number of hydrogen-bond donors (Lipinski definition) is 1. The molecular weight excluding hydrogens is 332 g/mol. The molecule has 3 rings (SSSR count). The van der Waals surface area contributed by atoms with E-state index < -0.39 is 11.4 Å². The van der Waals surface area contributed by atoms with E-state index in [2.05, 4.69) is 4.90 Å². The van der Waals surface area contributed by atoms with Gasteiger partial charge in [-0.25, -0.2) is 0 Å². The molecule has 2 aliphatic heterocycles. The van der Waals surface area contributed by atoms with E-state index in [-0.39, 0.29) is 11.9 Å². The monoisotopic (exact) mass is 360 g/mol. The molecule has 26 heavy (non-hydrogen) atoms. The molecule has 6 heteroatoms. The van der Waals surface area contributed by atoms with E-state index in [1.807, 2.05) is 32.2 Å². The average molecular weight is 360 g/mol. The molecule has 1 amide bonds. The number of para-hydroxylation sites is 1. The zero-order chi connectivity index (χ0) is 18.7. The van der Waals surface area contributed by atoms with Crippen LogP contribution in [-0.4, -0.2) is 66.1 Å². The number of rotatable bonds is 5. The first-order valence-corrected chi connectivity index (χ1v) is 9.44. The minimum Gasteiger partial charge on any atom is -0.493 e. The highest BCUT2D eigenvalue weighted by Crippen LogP contribution is 2.42. The van der Waals surface area contributed by atoms with Crippen molar-refractivity contribution in [3.05, 3.63) is 29.8 Å². The van der Waals surface area contributed by atoms with Crippen LogP contribution in [0, 0.1) is 5.41 Å². The Labute approximate surface area is 154 Å². The van der Waals surface area contributed by atoms with Crippen molar-refractivity contribution >= 4 is 11.9 Å². The highest BCUT2D eigenvalue weighted by molar-refractivity contribution is 5.97. The van der Waals surface area contributed by atoms with Gasteiger partial charge in [-0.3, -0.25) is 9.59 Å². The molecule has 0 bridgehead atoms. The van der Waals surface area contributed by atoms with Crippen LogP contribution in [0.4, 0.5) is 0 Å². The Bertz CT molecular complexity index is 678. The Balaban J connectivity index is 1.82. The third-order valence-corrected chi connectivity index (χ3v) is 5.82. The number of piperidine rings is 2. The normalized spacial score (nSPS) is 26.2. The molecular formula is C20H28N2O4. The Morgan fingerprint density at radius 2 is 2.04 bits per heavy atom. The van der Waals surface area contributed by atoms with Crippen LogP contribution in [0.2, 0.25) is 0 Å². The minimum atomic E-state index is -0.734. The van der Waals surface area contributed by atoms with Gasteiger partial charge in [0.2, 0.25) is 0 Å². The van der Waals surface area contributed by atoms with E-state index in [4.69, 9.17) is 4.74 Å². The summed E-state index contributed by atoms with van der Waals surface area (Å²) in [6.45, 7) is 4.39. The first kappa shape index (κ1) is 18.7. The Morgan fingerprint density at radius 1 is 1.27 bits per heavy atom. The second-order valence-corrected chi connectivity index (χ2v) is 7.41. The number of aliphatic carboxylic acids is 1. The molecule has 0 spiro atoms. The fourth-order valence-corrected chi connectivity index (χ4v) is 4.32. The summed E-state index contributed by atoms with van der Waals surface area (Å²) in [5.41, 5.74) is -0.176. The average Bonchev–Trinajstić information content (AvgIpc) is 2.66. The van der Waals surface area contributed by atoms with Crippen LogP contribution >= 0.6 is 0 Å². The summed E-state index contributed by atoms with van der Waals surface area (Å²) in [6, 6.07) is 7.17. The van der Waals surface area contributed by atoms with Crippen LogP contribution in [0.1, 0.15) is 43.0 Å². The first-order valence-electron chi connectivity index (χ1n) is 9.44. The second-order valence-electron chi connectivity index (χ2n) is 7.41. The Kier molecular flexibility index (Phi) is 5.51. The van der Waals surface area contributed by atoms with Gasteiger partial charge in [0.15, 0.2) is 0 Å². The molecule has 2 aliphatic rings. The van der Waals surface area contributed by atoms with Gasteiger partial charge in [-0.15, -0.1) is 0 Å². The van der Waals surface area contributed by atoms with Crippen LogP contribution < -0.4 is 4.74 Å². The number of carbonyl (C=O) groups excluding carboxylic acids is 1. The molecule has 1 N–H and O–H groups in total. The van der Waals surface area contributed by atoms with Gasteiger partial charge in [0.1, 0.15) is 5.75 Å². The number of hydrogen-bond acceptors (Lipinski definition) is 4. The molecule has 0 unspecified atom stereocenters. The number of ether oxygens (including phenoxy) is 1. The number of carboxylic acids is 1. The molecule has 0 radical (unpaired) electrons. The summed E-state index contributed by atoms with van der Waals surface area (Å²) >= 11 is 0.